The number of rotatable bonds is 3. The molecule has 0 aromatic heterocycles. The first-order chi connectivity index (χ1) is 10.2. The van der Waals surface area contributed by atoms with Gasteiger partial charge in [-0.15, -0.1) is 0 Å². The zero-order valence-electron chi connectivity index (χ0n) is 11.5. The normalized spacial score (nSPS) is 23.5. The summed E-state index contributed by atoms with van der Waals surface area (Å²) in [6, 6.07) is 3.03. The summed E-state index contributed by atoms with van der Waals surface area (Å²) in [5.74, 6) is -3.54. The second-order valence-corrected chi connectivity index (χ2v) is 5.31. The van der Waals surface area contributed by atoms with Crippen molar-refractivity contribution >= 4 is 5.97 Å². The van der Waals surface area contributed by atoms with E-state index in [1.807, 2.05) is 0 Å². The van der Waals surface area contributed by atoms with E-state index in [0.29, 0.717) is 12.6 Å². The van der Waals surface area contributed by atoms with Gasteiger partial charge >= 0.3 is 12.1 Å². The zero-order chi connectivity index (χ0) is 16.5. The van der Waals surface area contributed by atoms with Gasteiger partial charge in [0.25, 0.3) is 0 Å². The first-order valence-corrected chi connectivity index (χ1v) is 6.68. The first kappa shape index (κ1) is 16.7. The molecule has 1 fully saturated rings. The molecule has 0 amide bonds. The van der Waals surface area contributed by atoms with E-state index >= 15 is 0 Å². The van der Waals surface area contributed by atoms with E-state index in [1.165, 1.54) is 11.0 Å². The number of aliphatic carboxylic acids is 1. The summed E-state index contributed by atoms with van der Waals surface area (Å²) < 4.78 is 51.9. The van der Waals surface area contributed by atoms with Crippen molar-refractivity contribution < 1.29 is 32.6 Å². The van der Waals surface area contributed by atoms with E-state index in [-0.39, 0.29) is 25.1 Å². The number of alkyl halides is 3. The minimum absolute atomic E-state index is 0.0355. The molecule has 4 nitrogen and oxygen atoms in total. The van der Waals surface area contributed by atoms with Crippen LogP contribution in [0.3, 0.4) is 0 Å². The maximum atomic E-state index is 13.9. The Hall–Kier alpha value is -1.67. The number of aliphatic hydroxyl groups is 1. The van der Waals surface area contributed by atoms with Crippen molar-refractivity contribution in [2.75, 3.05) is 13.1 Å². The fourth-order valence-electron chi connectivity index (χ4n) is 2.56. The monoisotopic (exact) mass is 321 g/mol. The minimum Gasteiger partial charge on any atom is -0.481 e. The number of hydrogen-bond donors (Lipinski definition) is 2. The van der Waals surface area contributed by atoms with Crippen molar-refractivity contribution in [2.24, 2.45) is 5.92 Å². The third-order valence-corrected chi connectivity index (χ3v) is 3.76. The standard InChI is InChI=1S/C14H15F4NO3/c15-12-8(2-1-3-10(12)14(16,17)18)6-19-5-4-11(20)9(7-19)13(21)22/h1-3,9,11,20H,4-7H2,(H,21,22)/t9-,11-/m0/s1. The number of carboxylic acid groups (broad SMARTS) is 1. The molecule has 0 unspecified atom stereocenters. The lowest BCUT2D eigenvalue weighted by molar-refractivity contribution is -0.149. The van der Waals surface area contributed by atoms with E-state index < -0.39 is 35.5 Å². The molecule has 0 spiro atoms. The Morgan fingerprint density at radius 2 is 2.05 bits per heavy atom. The van der Waals surface area contributed by atoms with Crippen molar-refractivity contribution in [3.05, 3.63) is 35.1 Å². The summed E-state index contributed by atoms with van der Waals surface area (Å²) >= 11 is 0. The Bertz CT molecular complexity index is 562. The highest BCUT2D eigenvalue weighted by Gasteiger charge is 2.36. The van der Waals surface area contributed by atoms with E-state index in [9.17, 15) is 27.5 Å². The van der Waals surface area contributed by atoms with Crippen LogP contribution in [0, 0.1) is 11.7 Å². The Balaban J connectivity index is 2.16. The molecule has 0 bridgehead atoms. The number of benzene rings is 1. The molecule has 1 aliphatic heterocycles. The molecule has 0 aliphatic carbocycles. The van der Waals surface area contributed by atoms with Gasteiger partial charge in [0.15, 0.2) is 0 Å². The molecule has 22 heavy (non-hydrogen) atoms. The van der Waals surface area contributed by atoms with Gasteiger partial charge in [-0.3, -0.25) is 9.69 Å². The maximum absolute atomic E-state index is 13.9. The highest BCUT2D eigenvalue weighted by molar-refractivity contribution is 5.71. The summed E-state index contributed by atoms with van der Waals surface area (Å²) in [4.78, 5) is 12.5. The van der Waals surface area contributed by atoms with Gasteiger partial charge in [-0.2, -0.15) is 13.2 Å². The van der Waals surface area contributed by atoms with Crippen LogP contribution in [-0.2, 0) is 17.5 Å². The molecular formula is C14H15F4NO3. The molecule has 2 atom stereocenters. The fraction of sp³-hybridized carbons (Fsp3) is 0.500. The van der Waals surface area contributed by atoms with Gasteiger partial charge in [0.05, 0.1) is 17.6 Å². The minimum atomic E-state index is -4.78. The summed E-state index contributed by atoms with van der Waals surface area (Å²) in [5.41, 5.74) is -1.48. The van der Waals surface area contributed by atoms with Gasteiger partial charge in [0.1, 0.15) is 5.82 Å². The van der Waals surface area contributed by atoms with Gasteiger partial charge in [0.2, 0.25) is 0 Å². The van der Waals surface area contributed by atoms with Gasteiger partial charge < -0.3 is 10.2 Å². The van der Waals surface area contributed by atoms with Crippen molar-refractivity contribution in [1.82, 2.24) is 4.90 Å². The van der Waals surface area contributed by atoms with Crippen molar-refractivity contribution in [3.8, 4) is 0 Å². The SMILES string of the molecule is O=C(O)[C@H]1CN(Cc2cccc(C(F)(F)F)c2F)CC[C@@H]1O. The van der Waals surface area contributed by atoms with Crippen LogP contribution in [0.1, 0.15) is 17.5 Å². The highest BCUT2D eigenvalue weighted by atomic mass is 19.4. The molecule has 8 heteroatoms. The van der Waals surface area contributed by atoms with Crippen molar-refractivity contribution in [1.29, 1.82) is 0 Å². The number of halogens is 4. The average Bonchev–Trinajstić information content (AvgIpc) is 2.41. The predicted molar refractivity (Wildman–Crippen MR) is 68.4 cm³/mol. The maximum Gasteiger partial charge on any atom is 0.419 e. The predicted octanol–water partition coefficient (Wildman–Crippen LogP) is 2.11. The number of piperidine rings is 1. The van der Waals surface area contributed by atoms with E-state index in [4.69, 9.17) is 5.11 Å². The molecule has 0 saturated carbocycles. The van der Waals surface area contributed by atoms with Crippen molar-refractivity contribution in [2.45, 2.75) is 25.2 Å². The third-order valence-electron chi connectivity index (χ3n) is 3.76. The molecule has 1 heterocycles. The average molecular weight is 321 g/mol. The molecular weight excluding hydrogens is 306 g/mol. The van der Waals surface area contributed by atoms with Crippen LogP contribution in [0.5, 0.6) is 0 Å². The number of nitrogens with zero attached hydrogens (tertiary/aromatic N) is 1. The highest BCUT2D eigenvalue weighted by Crippen LogP contribution is 2.33. The van der Waals surface area contributed by atoms with Crippen LogP contribution in [0.2, 0.25) is 0 Å². The number of carbonyl (C=O) groups is 1. The Morgan fingerprint density at radius 1 is 1.36 bits per heavy atom. The molecule has 122 valence electrons. The topological polar surface area (TPSA) is 60.8 Å². The summed E-state index contributed by atoms with van der Waals surface area (Å²) in [7, 11) is 0. The van der Waals surface area contributed by atoms with Crippen LogP contribution in [0.25, 0.3) is 0 Å². The second-order valence-electron chi connectivity index (χ2n) is 5.31. The fourth-order valence-corrected chi connectivity index (χ4v) is 2.56. The molecule has 2 rings (SSSR count). The lowest BCUT2D eigenvalue weighted by atomic mass is 9.94. The molecule has 1 aromatic carbocycles. The van der Waals surface area contributed by atoms with Crippen LogP contribution < -0.4 is 0 Å². The van der Waals surface area contributed by atoms with Gasteiger partial charge in [-0.1, -0.05) is 12.1 Å². The van der Waals surface area contributed by atoms with E-state index in [1.54, 1.807) is 0 Å². The van der Waals surface area contributed by atoms with Crippen LogP contribution in [0.15, 0.2) is 18.2 Å². The summed E-state index contributed by atoms with van der Waals surface area (Å²) in [5, 5.41) is 18.6. The third kappa shape index (κ3) is 3.56. The largest absolute Gasteiger partial charge is 0.481 e. The molecule has 1 aromatic rings. The Labute approximate surface area is 124 Å². The Morgan fingerprint density at radius 3 is 2.64 bits per heavy atom. The van der Waals surface area contributed by atoms with Gasteiger partial charge in [0, 0.05) is 25.2 Å². The lowest BCUT2D eigenvalue weighted by Gasteiger charge is -2.34. The van der Waals surface area contributed by atoms with Crippen molar-refractivity contribution in [3.63, 3.8) is 0 Å². The van der Waals surface area contributed by atoms with Gasteiger partial charge in [-0.05, 0) is 12.5 Å². The number of hydrogen-bond acceptors (Lipinski definition) is 3. The van der Waals surface area contributed by atoms with E-state index in [2.05, 4.69) is 0 Å². The Kier molecular flexibility index (Phi) is 4.72. The summed E-state index contributed by atoms with van der Waals surface area (Å²) in [6.45, 7) is 0.124. The number of likely N-dealkylation sites (tertiary alicyclic amines) is 1. The summed E-state index contributed by atoms with van der Waals surface area (Å²) in [6.07, 6.45) is -5.60. The molecule has 1 saturated heterocycles. The number of aliphatic hydroxyl groups excluding tert-OH is 1. The van der Waals surface area contributed by atoms with Crippen LogP contribution in [0.4, 0.5) is 17.6 Å². The van der Waals surface area contributed by atoms with Gasteiger partial charge in [-0.25, -0.2) is 4.39 Å². The quantitative estimate of drug-likeness (QED) is 0.837. The first-order valence-electron chi connectivity index (χ1n) is 6.68. The molecule has 0 radical (unpaired) electrons. The zero-order valence-corrected chi connectivity index (χ0v) is 11.5. The van der Waals surface area contributed by atoms with Crippen LogP contribution in [-0.4, -0.2) is 40.3 Å². The second kappa shape index (κ2) is 6.21. The molecule has 1 aliphatic rings. The van der Waals surface area contributed by atoms with E-state index in [0.717, 1.165) is 6.07 Å². The molecule has 2 N–H and O–H groups in total. The van der Waals surface area contributed by atoms with Crippen LogP contribution >= 0.6 is 0 Å². The lowest BCUT2D eigenvalue weighted by Crippen LogP contribution is -2.46. The smallest absolute Gasteiger partial charge is 0.419 e. The number of carboxylic acids is 1.